The third-order valence-corrected chi connectivity index (χ3v) is 2.96. The van der Waals surface area contributed by atoms with E-state index >= 15 is 0 Å². The summed E-state index contributed by atoms with van der Waals surface area (Å²) in [5.41, 5.74) is 4.97. The lowest BCUT2D eigenvalue weighted by atomic mass is 10.1. The molecule has 0 bridgehead atoms. The lowest BCUT2D eigenvalue weighted by Crippen LogP contribution is -2.39. The van der Waals surface area contributed by atoms with Crippen molar-refractivity contribution in [2.24, 2.45) is 11.7 Å². The maximum absolute atomic E-state index is 13.3. The van der Waals surface area contributed by atoms with Gasteiger partial charge in [0.15, 0.2) is 0 Å². The van der Waals surface area contributed by atoms with Gasteiger partial charge in [-0.05, 0) is 18.8 Å². The minimum Gasteiger partial charge on any atom is -0.350 e. The number of carbonyl (C=O) groups excluding carboxylic acids is 1. The van der Waals surface area contributed by atoms with Crippen LogP contribution in [-0.4, -0.2) is 18.5 Å². The Hall–Kier alpha value is -1.27. The lowest BCUT2D eigenvalue weighted by Gasteiger charge is -2.12. The van der Waals surface area contributed by atoms with Crippen LogP contribution in [0.2, 0.25) is 0 Å². The molecule has 0 spiro atoms. The summed E-state index contributed by atoms with van der Waals surface area (Å²) < 4.78 is 39.2. The zero-order chi connectivity index (χ0) is 13.3. The minimum absolute atomic E-state index is 0. The van der Waals surface area contributed by atoms with E-state index in [0.29, 0.717) is 18.1 Å². The molecule has 3 N–H and O–H groups in total. The highest BCUT2D eigenvalue weighted by atomic mass is 35.5. The smallest absolute Gasteiger partial charge is 0.257 e. The van der Waals surface area contributed by atoms with E-state index in [4.69, 9.17) is 5.73 Å². The van der Waals surface area contributed by atoms with E-state index < -0.39 is 28.9 Å². The SMILES string of the molecule is Cl.NC(CNC(=O)c1c(F)cc(F)cc1F)C1CC1. The van der Waals surface area contributed by atoms with Crippen LogP contribution in [0.3, 0.4) is 0 Å². The zero-order valence-corrected chi connectivity index (χ0v) is 10.8. The third-order valence-electron chi connectivity index (χ3n) is 2.96. The second-order valence-corrected chi connectivity index (χ2v) is 4.46. The first-order valence-corrected chi connectivity index (χ1v) is 5.67. The Labute approximate surface area is 114 Å². The molecule has 7 heteroatoms. The van der Waals surface area contributed by atoms with E-state index in [1.165, 1.54) is 0 Å². The van der Waals surface area contributed by atoms with Crippen LogP contribution >= 0.6 is 12.4 Å². The second kappa shape index (κ2) is 6.25. The minimum atomic E-state index is -1.22. The molecule has 1 unspecified atom stereocenters. The van der Waals surface area contributed by atoms with Crippen LogP contribution in [0.25, 0.3) is 0 Å². The first-order chi connectivity index (χ1) is 8.49. The summed E-state index contributed by atoms with van der Waals surface area (Å²) >= 11 is 0. The van der Waals surface area contributed by atoms with Crippen molar-refractivity contribution in [3.8, 4) is 0 Å². The molecule has 106 valence electrons. The number of carbonyl (C=O) groups is 1. The van der Waals surface area contributed by atoms with E-state index in [-0.39, 0.29) is 25.0 Å². The number of nitrogens with one attached hydrogen (secondary N) is 1. The summed E-state index contributed by atoms with van der Waals surface area (Å²) in [6.07, 6.45) is 2.02. The van der Waals surface area contributed by atoms with Crippen molar-refractivity contribution in [3.63, 3.8) is 0 Å². The van der Waals surface area contributed by atoms with Crippen LogP contribution in [0.15, 0.2) is 12.1 Å². The molecule has 1 saturated carbocycles. The average molecular weight is 295 g/mol. The molecule has 1 aliphatic rings. The summed E-state index contributed by atoms with van der Waals surface area (Å²) in [7, 11) is 0. The topological polar surface area (TPSA) is 55.1 Å². The molecule has 0 aromatic heterocycles. The third kappa shape index (κ3) is 3.84. The van der Waals surface area contributed by atoms with Crippen molar-refractivity contribution >= 4 is 18.3 Å². The number of halogens is 4. The first-order valence-electron chi connectivity index (χ1n) is 5.67. The van der Waals surface area contributed by atoms with E-state index in [1.54, 1.807) is 0 Å². The second-order valence-electron chi connectivity index (χ2n) is 4.46. The quantitative estimate of drug-likeness (QED) is 0.892. The van der Waals surface area contributed by atoms with Gasteiger partial charge in [-0.3, -0.25) is 4.79 Å². The molecule has 2 rings (SSSR count). The van der Waals surface area contributed by atoms with Crippen molar-refractivity contribution in [3.05, 3.63) is 35.1 Å². The Morgan fingerprint density at radius 2 is 1.84 bits per heavy atom. The summed E-state index contributed by atoms with van der Waals surface area (Å²) in [6, 6.07) is 0.734. The monoisotopic (exact) mass is 294 g/mol. The van der Waals surface area contributed by atoms with Gasteiger partial charge in [0.05, 0.1) is 0 Å². The number of benzene rings is 1. The van der Waals surface area contributed by atoms with Gasteiger partial charge in [0.25, 0.3) is 5.91 Å². The molecule has 0 radical (unpaired) electrons. The van der Waals surface area contributed by atoms with Crippen molar-refractivity contribution < 1.29 is 18.0 Å². The fourth-order valence-electron chi connectivity index (χ4n) is 1.75. The van der Waals surface area contributed by atoms with Gasteiger partial charge in [-0.1, -0.05) is 0 Å². The van der Waals surface area contributed by atoms with Gasteiger partial charge in [0.1, 0.15) is 23.0 Å². The number of hydrogen-bond donors (Lipinski definition) is 2. The van der Waals surface area contributed by atoms with Crippen LogP contribution < -0.4 is 11.1 Å². The molecule has 0 aliphatic heterocycles. The predicted molar refractivity (Wildman–Crippen MR) is 66.6 cm³/mol. The molecule has 1 amide bonds. The normalized spacial score (nSPS) is 15.6. The fourth-order valence-corrected chi connectivity index (χ4v) is 1.75. The summed E-state index contributed by atoms with van der Waals surface area (Å²) in [4.78, 5) is 11.6. The summed E-state index contributed by atoms with van der Waals surface area (Å²) in [5, 5.41) is 2.35. The molecule has 19 heavy (non-hydrogen) atoms. The predicted octanol–water partition coefficient (Wildman–Crippen LogP) is 1.99. The van der Waals surface area contributed by atoms with Crippen molar-refractivity contribution in [2.45, 2.75) is 18.9 Å². The van der Waals surface area contributed by atoms with Gasteiger partial charge in [0, 0.05) is 24.7 Å². The van der Waals surface area contributed by atoms with Gasteiger partial charge >= 0.3 is 0 Å². The Bertz CT molecular complexity index is 457. The van der Waals surface area contributed by atoms with Gasteiger partial charge in [-0.25, -0.2) is 13.2 Å². The Morgan fingerprint density at radius 3 is 2.32 bits per heavy atom. The summed E-state index contributed by atoms with van der Waals surface area (Å²) in [5.74, 6) is -4.04. The van der Waals surface area contributed by atoms with Crippen LogP contribution in [0, 0.1) is 23.4 Å². The van der Waals surface area contributed by atoms with Crippen LogP contribution in [0.5, 0.6) is 0 Å². The van der Waals surface area contributed by atoms with E-state index in [9.17, 15) is 18.0 Å². The van der Waals surface area contributed by atoms with Gasteiger partial charge in [-0.2, -0.15) is 0 Å². The van der Waals surface area contributed by atoms with Crippen LogP contribution in [0.4, 0.5) is 13.2 Å². The highest BCUT2D eigenvalue weighted by molar-refractivity contribution is 5.94. The number of hydrogen-bond acceptors (Lipinski definition) is 2. The number of nitrogens with two attached hydrogens (primary N) is 1. The van der Waals surface area contributed by atoms with Crippen molar-refractivity contribution in [1.82, 2.24) is 5.32 Å². The molecule has 1 aromatic carbocycles. The lowest BCUT2D eigenvalue weighted by molar-refractivity contribution is 0.0941. The molecule has 3 nitrogen and oxygen atoms in total. The highest BCUT2D eigenvalue weighted by Gasteiger charge is 2.29. The fraction of sp³-hybridized carbons (Fsp3) is 0.417. The standard InChI is InChI=1S/C12H13F3N2O.ClH/c13-7-3-8(14)11(9(15)4-7)12(18)17-5-10(16)6-1-2-6;/h3-4,6,10H,1-2,5,16H2,(H,17,18);1H. The average Bonchev–Trinajstić information content (AvgIpc) is 3.07. The molecule has 1 aliphatic carbocycles. The molecule has 0 saturated heterocycles. The molecule has 1 fully saturated rings. The number of amides is 1. The van der Waals surface area contributed by atoms with E-state index in [2.05, 4.69) is 5.32 Å². The van der Waals surface area contributed by atoms with Gasteiger partial charge < -0.3 is 11.1 Å². The van der Waals surface area contributed by atoms with Crippen molar-refractivity contribution in [1.29, 1.82) is 0 Å². The molecular weight excluding hydrogens is 281 g/mol. The maximum atomic E-state index is 13.3. The Morgan fingerprint density at radius 1 is 1.32 bits per heavy atom. The maximum Gasteiger partial charge on any atom is 0.257 e. The molecular formula is C12H14ClF3N2O. The highest BCUT2D eigenvalue weighted by Crippen LogP contribution is 2.31. The Kier molecular flexibility index (Phi) is 5.20. The van der Waals surface area contributed by atoms with Crippen molar-refractivity contribution in [2.75, 3.05) is 6.54 Å². The molecule has 1 atom stereocenters. The van der Waals surface area contributed by atoms with Gasteiger partial charge in [-0.15, -0.1) is 12.4 Å². The van der Waals surface area contributed by atoms with E-state index in [1.807, 2.05) is 0 Å². The Balaban J connectivity index is 0.00000180. The molecule has 1 aromatic rings. The summed E-state index contributed by atoms with van der Waals surface area (Å²) in [6.45, 7) is 0.153. The first kappa shape index (κ1) is 15.8. The zero-order valence-electron chi connectivity index (χ0n) is 9.96. The van der Waals surface area contributed by atoms with Gasteiger partial charge in [0.2, 0.25) is 0 Å². The van der Waals surface area contributed by atoms with Crippen LogP contribution in [0.1, 0.15) is 23.2 Å². The van der Waals surface area contributed by atoms with Crippen LogP contribution in [-0.2, 0) is 0 Å². The van der Waals surface area contributed by atoms with E-state index in [0.717, 1.165) is 12.8 Å². The molecule has 0 heterocycles. The number of rotatable bonds is 4. The largest absolute Gasteiger partial charge is 0.350 e.